The van der Waals surface area contributed by atoms with Crippen molar-refractivity contribution in [2.24, 2.45) is 5.73 Å². The summed E-state index contributed by atoms with van der Waals surface area (Å²) in [5, 5.41) is 3.74. The molecule has 1 unspecified atom stereocenters. The van der Waals surface area contributed by atoms with E-state index >= 15 is 0 Å². The van der Waals surface area contributed by atoms with Crippen molar-refractivity contribution in [2.75, 3.05) is 38.6 Å². The summed E-state index contributed by atoms with van der Waals surface area (Å²) < 4.78 is 20.2. The first-order valence-electron chi connectivity index (χ1n) is 11.7. The van der Waals surface area contributed by atoms with Gasteiger partial charge < -0.3 is 20.7 Å². The van der Waals surface area contributed by atoms with E-state index in [1.807, 2.05) is 19.1 Å². The van der Waals surface area contributed by atoms with Crippen LogP contribution in [0.4, 0.5) is 15.9 Å². The normalized spacial score (nSPS) is 15.0. The van der Waals surface area contributed by atoms with Gasteiger partial charge in [-0.05, 0) is 51.1 Å². The number of hydrogen-bond donors (Lipinski definition) is 2. The largest absolute Gasteiger partial charge is 0.496 e. The van der Waals surface area contributed by atoms with Gasteiger partial charge in [-0.3, -0.25) is 9.69 Å². The Morgan fingerprint density at radius 2 is 2.09 bits per heavy atom. The first-order chi connectivity index (χ1) is 16.9. The van der Waals surface area contributed by atoms with Gasteiger partial charge in [0.2, 0.25) is 5.91 Å². The molecule has 0 spiro atoms. The number of carbonyl (C=O) groups excluding carboxylic acids is 1. The van der Waals surface area contributed by atoms with Crippen molar-refractivity contribution < 1.29 is 13.9 Å². The molecule has 3 aromatic rings. The molecule has 2 aromatic carbocycles. The number of nitrogens with two attached hydrogens (primary N) is 1. The van der Waals surface area contributed by atoms with Crippen molar-refractivity contribution in [1.82, 2.24) is 19.8 Å². The van der Waals surface area contributed by atoms with Gasteiger partial charge in [-0.1, -0.05) is 17.7 Å². The summed E-state index contributed by atoms with van der Waals surface area (Å²) in [5.41, 5.74) is 7.36. The monoisotopic (exact) mass is 500 g/mol. The van der Waals surface area contributed by atoms with Crippen LogP contribution in [0.1, 0.15) is 25.3 Å². The van der Waals surface area contributed by atoms with Gasteiger partial charge in [-0.2, -0.15) is 0 Å². The predicted molar refractivity (Wildman–Crippen MR) is 136 cm³/mol. The topological polar surface area (TPSA) is 96.6 Å². The SMILES string of the molecule is COc1cc2ncnc(Nc3cccc(Cl)c3F)c2cc1CN(CCN1CCCC1)C(C)C(N)=O. The molecule has 10 heteroatoms. The van der Waals surface area contributed by atoms with Crippen LogP contribution < -0.4 is 15.8 Å². The van der Waals surface area contributed by atoms with E-state index in [-0.39, 0.29) is 16.6 Å². The molecule has 4 rings (SSSR count). The molecule has 1 aromatic heterocycles. The van der Waals surface area contributed by atoms with Crippen molar-refractivity contribution in [2.45, 2.75) is 32.4 Å². The number of halogens is 2. The minimum atomic E-state index is -0.557. The number of nitrogens with one attached hydrogen (secondary N) is 1. The highest BCUT2D eigenvalue weighted by molar-refractivity contribution is 6.31. The van der Waals surface area contributed by atoms with Crippen LogP contribution in [0, 0.1) is 5.82 Å². The number of ether oxygens (including phenoxy) is 1. The fourth-order valence-corrected chi connectivity index (χ4v) is 4.53. The standard InChI is InChI=1S/C25H30ClFN6O2/c1-16(24(28)34)33(11-10-32-8-3-4-9-32)14-17-12-18-21(13-22(17)35-2)29-15-30-25(18)31-20-7-5-6-19(26)23(20)27/h5-7,12-13,15-16H,3-4,8-11,14H2,1-2H3,(H2,28,34)(H,29,30,31). The fourth-order valence-electron chi connectivity index (χ4n) is 4.35. The van der Waals surface area contributed by atoms with Gasteiger partial charge in [-0.25, -0.2) is 14.4 Å². The molecule has 186 valence electrons. The van der Waals surface area contributed by atoms with Crippen LogP contribution in [-0.4, -0.2) is 65.0 Å². The average molecular weight is 501 g/mol. The van der Waals surface area contributed by atoms with Crippen LogP contribution in [0.2, 0.25) is 5.02 Å². The summed E-state index contributed by atoms with van der Waals surface area (Å²) in [6, 6.07) is 8.01. The Hall–Kier alpha value is -3.01. The van der Waals surface area contributed by atoms with Gasteiger partial charge in [0.25, 0.3) is 0 Å². The second-order valence-corrected chi connectivity index (χ2v) is 9.13. The summed E-state index contributed by atoms with van der Waals surface area (Å²) in [5.74, 6) is 0.136. The molecule has 1 saturated heterocycles. The number of rotatable bonds is 10. The van der Waals surface area contributed by atoms with E-state index in [0.29, 0.717) is 35.6 Å². The maximum atomic E-state index is 14.5. The molecule has 8 nitrogen and oxygen atoms in total. The molecule has 0 aliphatic carbocycles. The van der Waals surface area contributed by atoms with E-state index in [2.05, 4.69) is 25.1 Å². The van der Waals surface area contributed by atoms with Gasteiger partial charge in [0.1, 0.15) is 17.9 Å². The number of nitrogens with zero attached hydrogens (tertiary/aromatic N) is 4. The zero-order valence-electron chi connectivity index (χ0n) is 19.9. The number of anilines is 2. The second-order valence-electron chi connectivity index (χ2n) is 8.73. The molecule has 1 amide bonds. The zero-order valence-corrected chi connectivity index (χ0v) is 20.7. The van der Waals surface area contributed by atoms with Crippen LogP contribution in [0.5, 0.6) is 5.75 Å². The number of primary amides is 1. The van der Waals surface area contributed by atoms with E-state index < -0.39 is 11.9 Å². The summed E-state index contributed by atoms with van der Waals surface area (Å²) in [6.45, 7) is 5.96. The minimum Gasteiger partial charge on any atom is -0.496 e. The van der Waals surface area contributed by atoms with Crippen molar-refractivity contribution in [3.63, 3.8) is 0 Å². The summed E-state index contributed by atoms with van der Waals surface area (Å²) in [4.78, 5) is 25.2. The highest BCUT2D eigenvalue weighted by Gasteiger charge is 2.23. The maximum absolute atomic E-state index is 14.5. The lowest BCUT2D eigenvalue weighted by atomic mass is 10.1. The second kappa shape index (κ2) is 11.2. The van der Waals surface area contributed by atoms with Crippen molar-refractivity contribution in [1.29, 1.82) is 0 Å². The molecule has 1 fully saturated rings. The molecule has 0 saturated carbocycles. The number of aromatic nitrogens is 2. The third kappa shape index (κ3) is 5.80. The molecule has 3 N–H and O–H groups in total. The van der Waals surface area contributed by atoms with E-state index in [9.17, 15) is 9.18 Å². The Morgan fingerprint density at radius 1 is 1.31 bits per heavy atom. The highest BCUT2D eigenvalue weighted by atomic mass is 35.5. The van der Waals surface area contributed by atoms with Crippen LogP contribution in [0.25, 0.3) is 10.9 Å². The van der Waals surface area contributed by atoms with E-state index in [0.717, 1.165) is 25.2 Å². The van der Waals surface area contributed by atoms with Gasteiger partial charge in [-0.15, -0.1) is 0 Å². The molecule has 1 aliphatic heterocycles. The quantitative estimate of drug-likeness (QED) is 0.435. The number of benzene rings is 2. The molecule has 1 aliphatic rings. The van der Waals surface area contributed by atoms with Gasteiger partial charge in [0, 0.05) is 36.7 Å². The Morgan fingerprint density at radius 3 is 2.80 bits per heavy atom. The molecule has 1 atom stereocenters. The lowest BCUT2D eigenvalue weighted by Gasteiger charge is -2.29. The number of amides is 1. The third-order valence-corrected chi connectivity index (χ3v) is 6.77. The molecule has 2 heterocycles. The Kier molecular flexibility index (Phi) is 8.00. The average Bonchev–Trinajstić information content (AvgIpc) is 3.37. The Bertz CT molecular complexity index is 1200. The first-order valence-corrected chi connectivity index (χ1v) is 12.0. The van der Waals surface area contributed by atoms with Crippen LogP contribution >= 0.6 is 11.6 Å². The lowest BCUT2D eigenvalue weighted by molar-refractivity contribution is -0.123. The number of likely N-dealkylation sites (tertiary alicyclic amines) is 1. The zero-order chi connectivity index (χ0) is 24.9. The summed E-state index contributed by atoms with van der Waals surface area (Å²) >= 11 is 5.94. The molecular formula is C25H30ClFN6O2. The van der Waals surface area contributed by atoms with Crippen LogP contribution in [-0.2, 0) is 11.3 Å². The number of methoxy groups -OCH3 is 1. The Balaban J connectivity index is 1.67. The van der Waals surface area contributed by atoms with Crippen LogP contribution in [0.3, 0.4) is 0 Å². The summed E-state index contributed by atoms with van der Waals surface area (Å²) in [6.07, 6.45) is 3.81. The van der Waals surface area contributed by atoms with Gasteiger partial charge in [0.05, 0.1) is 29.4 Å². The summed E-state index contributed by atoms with van der Waals surface area (Å²) in [7, 11) is 1.60. The molecule has 0 radical (unpaired) electrons. The highest BCUT2D eigenvalue weighted by Crippen LogP contribution is 2.32. The number of carbonyl (C=O) groups is 1. The molecule has 35 heavy (non-hydrogen) atoms. The van der Waals surface area contributed by atoms with Gasteiger partial charge >= 0.3 is 0 Å². The van der Waals surface area contributed by atoms with Crippen molar-refractivity contribution in [3.8, 4) is 5.75 Å². The van der Waals surface area contributed by atoms with E-state index in [1.54, 1.807) is 19.2 Å². The predicted octanol–water partition coefficient (Wildman–Crippen LogP) is 3.95. The minimum absolute atomic E-state index is 0.0183. The fraction of sp³-hybridized carbons (Fsp3) is 0.400. The number of hydrogen-bond acceptors (Lipinski definition) is 7. The smallest absolute Gasteiger partial charge is 0.234 e. The maximum Gasteiger partial charge on any atom is 0.234 e. The lowest BCUT2D eigenvalue weighted by Crippen LogP contribution is -2.45. The van der Waals surface area contributed by atoms with Gasteiger partial charge in [0.15, 0.2) is 5.82 Å². The Labute approximate surface area is 209 Å². The van der Waals surface area contributed by atoms with Crippen molar-refractivity contribution >= 4 is 39.9 Å². The third-order valence-electron chi connectivity index (χ3n) is 6.48. The molecular weight excluding hydrogens is 471 g/mol. The molecule has 0 bridgehead atoms. The van der Waals surface area contributed by atoms with Crippen LogP contribution in [0.15, 0.2) is 36.7 Å². The number of fused-ring (bicyclic) bond motifs is 1. The van der Waals surface area contributed by atoms with Crippen molar-refractivity contribution in [3.05, 3.63) is 53.1 Å². The van der Waals surface area contributed by atoms with E-state index in [4.69, 9.17) is 22.1 Å². The first kappa shape index (κ1) is 25.1. The van der Waals surface area contributed by atoms with E-state index in [1.165, 1.54) is 25.2 Å².